The van der Waals surface area contributed by atoms with E-state index in [9.17, 15) is 4.79 Å². The Morgan fingerprint density at radius 2 is 1.86 bits per heavy atom. The molecule has 0 N–H and O–H groups in total. The molecule has 2 aromatic rings. The minimum Gasteiger partial charge on any atom is -0.356 e. The second-order valence-corrected chi connectivity index (χ2v) is 6.24. The van der Waals surface area contributed by atoms with Gasteiger partial charge in [0.15, 0.2) is 5.78 Å². The number of allylic oxidation sites excluding steroid dienone is 2. The molecule has 102 valence electrons. The van der Waals surface area contributed by atoms with Crippen molar-refractivity contribution in [2.75, 3.05) is 0 Å². The number of rotatable bonds is 0. The maximum atomic E-state index is 11.5. The average Bonchev–Trinajstić information content (AvgIpc) is 2.71. The van der Waals surface area contributed by atoms with Gasteiger partial charge in [-0.2, -0.15) is 0 Å². The molecular formula is C18H11ClO2. The monoisotopic (exact) mass is 294 g/mol. The number of fused-ring (bicyclic) bond motifs is 4. The molecule has 21 heavy (non-hydrogen) atoms. The van der Waals surface area contributed by atoms with Crippen molar-refractivity contribution in [3.05, 3.63) is 70.8 Å². The van der Waals surface area contributed by atoms with Crippen molar-refractivity contribution in [2.24, 2.45) is 0 Å². The van der Waals surface area contributed by atoms with E-state index in [-0.39, 0.29) is 17.8 Å². The van der Waals surface area contributed by atoms with Crippen LogP contribution in [0.3, 0.4) is 0 Å². The first-order chi connectivity index (χ1) is 10.2. The van der Waals surface area contributed by atoms with Crippen LogP contribution in [0.5, 0.6) is 0 Å². The molecule has 5 rings (SSSR count). The van der Waals surface area contributed by atoms with E-state index in [1.54, 1.807) is 6.08 Å². The van der Waals surface area contributed by atoms with Crippen LogP contribution in [0.25, 0.3) is 10.8 Å². The summed E-state index contributed by atoms with van der Waals surface area (Å²) in [4.78, 5) is 11.5. The molecular weight excluding hydrogens is 284 g/mol. The lowest BCUT2D eigenvalue weighted by molar-refractivity contribution is -0.175. The Bertz CT molecular complexity index is 875. The van der Waals surface area contributed by atoms with Crippen LogP contribution in [0.1, 0.15) is 23.1 Å². The van der Waals surface area contributed by atoms with Gasteiger partial charge < -0.3 is 4.74 Å². The van der Waals surface area contributed by atoms with Crippen LogP contribution in [-0.2, 0) is 9.53 Å². The van der Waals surface area contributed by atoms with Crippen molar-refractivity contribution >= 4 is 28.2 Å². The molecule has 0 bridgehead atoms. The van der Waals surface area contributed by atoms with E-state index in [1.165, 1.54) is 28.0 Å². The summed E-state index contributed by atoms with van der Waals surface area (Å²) in [5, 5.41) is 3.00. The van der Waals surface area contributed by atoms with Crippen molar-refractivity contribution in [2.45, 2.75) is 17.6 Å². The fourth-order valence-corrected chi connectivity index (χ4v) is 4.29. The Kier molecular flexibility index (Phi) is 2.04. The maximum Gasteiger partial charge on any atom is 0.179 e. The molecule has 1 aliphatic heterocycles. The summed E-state index contributed by atoms with van der Waals surface area (Å²) in [6, 6.07) is 12.7. The minimum absolute atomic E-state index is 0.0334. The highest BCUT2D eigenvalue weighted by Gasteiger charge is 2.61. The highest BCUT2D eigenvalue weighted by atomic mass is 35.5. The molecule has 3 heteroatoms. The van der Waals surface area contributed by atoms with E-state index in [4.69, 9.17) is 16.3 Å². The molecule has 1 unspecified atom stereocenters. The molecule has 3 atom stereocenters. The van der Waals surface area contributed by atoms with Gasteiger partial charge in [-0.3, -0.25) is 4.79 Å². The predicted molar refractivity (Wildman–Crippen MR) is 81.3 cm³/mol. The summed E-state index contributed by atoms with van der Waals surface area (Å²) in [5.74, 6) is 0.0816. The lowest BCUT2D eigenvalue weighted by atomic mass is 9.73. The summed E-state index contributed by atoms with van der Waals surface area (Å²) >= 11 is 6.38. The molecule has 2 aliphatic carbocycles. The Balaban J connectivity index is 1.76. The van der Waals surface area contributed by atoms with Crippen molar-refractivity contribution in [1.29, 1.82) is 0 Å². The SMILES string of the molecule is O=C1C=CC2(O[C@H]3c4cccc5cccc(c45)[C@H]32)C(Cl)=C1. The van der Waals surface area contributed by atoms with E-state index < -0.39 is 5.60 Å². The Labute approximate surface area is 126 Å². The maximum absolute atomic E-state index is 11.5. The highest BCUT2D eigenvalue weighted by molar-refractivity contribution is 6.33. The third-order valence-corrected chi connectivity index (χ3v) is 5.24. The molecule has 0 amide bonds. The summed E-state index contributed by atoms with van der Waals surface area (Å²) < 4.78 is 6.19. The van der Waals surface area contributed by atoms with Gasteiger partial charge in [0, 0.05) is 6.08 Å². The van der Waals surface area contributed by atoms with Gasteiger partial charge in [0.1, 0.15) is 5.60 Å². The van der Waals surface area contributed by atoms with Crippen LogP contribution in [0.2, 0.25) is 0 Å². The number of benzene rings is 2. The number of ether oxygens (including phenoxy) is 1. The zero-order valence-electron chi connectivity index (χ0n) is 11.0. The molecule has 0 aromatic heterocycles. The number of ketones is 1. The Morgan fingerprint density at radius 1 is 1.10 bits per heavy atom. The lowest BCUT2D eigenvalue weighted by Crippen LogP contribution is -2.52. The number of halogens is 1. The standard InChI is InChI=1S/C18H11ClO2/c19-14-9-11(20)7-8-18(14)16-12-5-1-3-10-4-2-6-13(15(10)12)17(16)21-18/h1-9,16-17H/t16-,17+,18?/m1/s1. The number of carbonyl (C=O) groups excluding carboxylic acids is 1. The molecule has 1 spiro atoms. The van der Waals surface area contributed by atoms with Gasteiger partial charge in [-0.1, -0.05) is 48.0 Å². The van der Waals surface area contributed by atoms with Gasteiger partial charge in [0.05, 0.1) is 17.1 Å². The van der Waals surface area contributed by atoms with Crippen LogP contribution in [0, 0.1) is 0 Å². The van der Waals surface area contributed by atoms with E-state index in [0.29, 0.717) is 5.03 Å². The van der Waals surface area contributed by atoms with Gasteiger partial charge in [-0.05, 0) is 34.1 Å². The van der Waals surface area contributed by atoms with Crippen molar-refractivity contribution in [3.8, 4) is 0 Å². The van der Waals surface area contributed by atoms with Crippen LogP contribution in [-0.4, -0.2) is 11.4 Å². The summed E-state index contributed by atoms with van der Waals surface area (Å²) in [5.41, 5.74) is 1.84. The summed E-state index contributed by atoms with van der Waals surface area (Å²) in [6.45, 7) is 0. The van der Waals surface area contributed by atoms with Gasteiger partial charge >= 0.3 is 0 Å². The second-order valence-electron chi connectivity index (χ2n) is 5.83. The largest absolute Gasteiger partial charge is 0.356 e. The van der Waals surface area contributed by atoms with Crippen molar-refractivity contribution in [1.82, 2.24) is 0 Å². The number of hydrogen-bond acceptors (Lipinski definition) is 2. The van der Waals surface area contributed by atoms with Crippen LogP contribution in [0.15, 0.2) is 59.7 Å². The van der Waals surface area contributed by atoms with Crippen LogP contribution in [0.4, 0.5) is 0 Å². The van der Waals surface area contributed by atoms with Gasteiger partial charge in [-0.25, -0.2) is 0 Å². The highest BCUT2D eigenvalue weighted by Crippen LogP contribution is 2.65. The zero-order chi connectivity index (χ0) is 14.2. The fourth-order valence-electron chi connectivity index (χ4n) is 3.96. The normalized spacial score (nSPS) is 32.2. The molecule has 2 nitrogen and oxygen atoms in total. The third-order valence-electron chi connectivity index (χ3n) is 4.83. The molecule has 2 aromatic carbocycles. The van der Waals surface area contributed by atoms with Gasteiger partial charge in [0.25, 0.3) is 0 Å². The quantitative estimate of drug-likeness (QED) is 0.734. The second kappa shape index (κ2) is 3.65. The van der Waals surface area contributed by atoms with E-state index in [0.717, 1.165) is 0 Å². The third kappa shape index (κ3) is 1.26. The lowest BCUT2D eigenvalue weighted by Gasteiger charge is -2.52. The predicted octanol–water partition coefficient (Wildman–Crippen LogP) is 4.01. The number of carbonyl (C=O) groups is 1. The molecule has 1 heterocycles. The minimum atomic E-state index is -0.659. The van der Waals surface area contributed by atoms with Crippen molar-refractivity contribution < 1.29 is 9.53 Å². The molecule has 1 fully saturated rings. The summed E-state index contributed by atoms with van der Waals surface area (Å²) in [7, 11) is 0. The zero-order valence-corrected chi connectivity index (χ0v) is 11.8. The van der Waals surface area contributed by atoms with Gasteiger partial charge in [-0.15, -0.1) is 0 Å². The van der Waals surface area contributed by atoms with Crippen LogP contribution < -0.4 is 0 Å². The molecule has 0 radical (unpaired) electrons. The Morgan fingerprint density at radius 3 is 2.62 bits per heavy atom. The Hall–Kier alpha value is -1.90. The smallest absolute Gasteiger partial charge is 0.179 e. The first-order valence-corrected chi connectivity index (χ1v) is 7.39. The summed E-state index contributed by atoms with van der Waals surface area (Å²) in [6.07, 6.45) is 4.89. The van der Waals surface area contributed by atoms with E-state index in [2.05, 4.69) is 36.4 Å². The van der Waals surface area contributed by atoms with Crippen LogP contribution >= 0.6 is 11.6 Å². The van der Waals surface area contributed by atoms with Gasteiger partial charge in [0.2, 0.25) is 0 Å². The molecule has 0 saturated carbocycles. The molecule has 3 aliphatic rings. The molecule has 1 saturated heterocycles. The van der Waals surface area contributed by atoms with E-state index >= 15 is 0 Å². The number of hydrogen-bond donors (Lipinski definition) is 0. The van der Waals surface area contributed by atoms with E-state index in [1.807, 2.05) is 6.08 Å². The fraction of sp³-hybridized carbons (Fsp3) is 0.167. The first-order valence-electron chi connectivity index (χ1n) is 7.01. The first kappa shape index (κ1) is 11.7. The van der Waals surface area contributed by atoms with Crippen molar-refractivity contribution in [3.63, 3.8) is 0 Å². The average molecular weight is 295 g/mol. The topological polar surface area (TPSA) is 26.3 Å².